The van der Waals surface area contributed by atoms with Crippen LogP contribution in [0, 0.1) is 0 Å². The van der Waals surface area contributed by atoms with Gasteiger partial charge in [-0.25, -0.2) is 4.98 Å². The normalized spacial score (nSPS) is 10.5. The lowest BCUT2D eigenvalue weighted by molar-refractivity contribution is -0.116. The van der Waals surface area contributed by atoms with E-state index in [4.69, 9.17) is 4.74 Å². The van der Waals surface area contributed by atoms with Gasteiger partial charge < -0.3 is 15.4 Å². The van der Waals surface area contributed by atoms with E-state index in [1.165, 1.54) is 11.3 Å². The van der Waals surface area contributed by atoms with Crippen molar-refractivity contribution in [3.63, 3.8) is 0 Å². The van der Waals surface area contributed by atoms with E-state index in [2.05, 4.69) is 22.5 Å². The van der Waals surface area contributed by atoms with Crippen LogP contribution in [0.3, 0.4) is 0 Å². The van der Waals surface area contributed by atoms with E-state index in [9.17, 15) is 4.79 Å². The fourth-order valence-corrected chi connectivity index (χ4v) is 3.54. The second-order valence-electron chi connectivity index (χ2n) is 6.48. The van der Waals surface area contributed by atoms with Crippen LogP contribution < -0.4 is 15.4 Å². The summed E-state index contributed by atoms with van der Waals surface area (Å²) in [5, 5.41) is 9.09. The molecular formula is C22H25N3O2S. The number of anilines is 3. The number of thiazole rings is 1. The first kappa shape index (κ1) is 19.9. The molecule has 6 heteroatoms. The molecule has 2 N–H and O–H groups in total. The Labute approximate surface area is 169 Å². The molecule has 0 unspecified atom stereocenters. The fourth-order valence-electron chi connectivity index (χ4n) is 2.80. The van der Waals surface area contributed by atoms with E-state index < -0.39 is 0 Å². The maximum absolute atomic E-state index is 12.0. The molecule has 0 saturated carbocycles. The van der Waals surface area contributed by atoms with Crippen LogP contribution in [0.15, 0.2) is 53.9 Å². The van der Waals surface area contributed by atoms with Crippen molar-refractivity contribution in [2.45, 2.75) is 32.6 Å². The molecule has 1 heterocycles. The molecule has 0 saturated heterocycles. The Kier molecular flexibility index (Phi) is 7.03. The minimum Gasteiger partial charge on any atom is -0.497 e. The first-order valence-corrected chi connectivity index (χ1v) is 10.3. The number of methoxy groups -OCH3 is 1. The molecule has 0 spiro atoms. The monoisotopic (exact) mass is 395 g/mol. The number of amides is 1. The van der Waals surface area contributed by atoms with Gasteiger partial charge in [0.1, 0.15) is 5.75 Å². The Hall–Kier alpha value is -2.86. The first-order chi connectivity index (χ1) is 13.7. The summed E-state index contributed by atoms with van der Waals surface area (Å²) in [7, 11) is 1.65. The second-order valence-corrected chi connectivity index (χ2v) is 7.34. The summed E-state index contributed by atoms with van der Waals surface area (Å²) < 4.78 is 5.25. The van der Waals surface area contributed by atoms with Crippen molar-refractivity contribution in [2.75, 3.05) is 17.7 Å². The van der Waals surface area contributed by atoms with E-state index in [-0.39, 0.29) is 5.91 Å². The molecule has 28 heavy (non-hydrogen) atoms. The molecule has 0 radical (unpaired) electrons. The molecule has 3 rings (SSSR count). The molecule has 1 aromatic heterocycles. The van der Waals surface area contributed by atoms with E-state index in [0.717, 1.165) is 52.8 Å². The molecule has 1 amide bonds. The summed E-state index contributed by atoms with van der Waals surface area (Å²) in [6.45, 7) is 2.13. The fraction of sp³-hybridized carbons (Fsp3) is 0.273. The number of hydrogen-bond acceptors (Lipinski definition) is 5. The van der Waals surface area contributed by atoms with Crippen LogP contribution in [-0.2, 0) is 4.79 Å². The zero-order valence-electron chi connectivity index (χ0n) is 16.2. The average Bonchev–Trinajstić information content (AvgIpc) is 3.17. The van der Waals surface area contributed by atoms with Crippen molar-refractivity contribution in [1.82, 2.24) is 4.98 Å². The Bertz CT molecular complexity index is 923. The Morgan fingerprint density at radius 2 is 1.93 bits per heavy atom. The van der Waals surface area contributed by atoms with Gasteiger partial charge in [-0.2, -0.15) is 0 Å². The Morgan fingerprint density at radius 1 is 1.11 bits per heavy atom. The SMILES string of the molecule is CCCCCC(=O)Nc1cccc(-c2csc(Nc3cccc(OC)c3)n2)c1. The van der Waals surface area contributed by atoms with Crippen LogP contribution in [0.1, 0.15) is 32.6 Å². The number of rotatable bonds is 9. The van der Waals surface area contributed by atoms with Crippen LogP contribution in [0.2, 0.25) is 0 Å². The third kappa shape index (κ3) is 5.57. The predicted octanol–water partition coefficient (Wildman–Crippen LogP) is 6.08. The van der Waals surface area contributed by atoms with Crippen LogP contribution >= 0.6 is 11.3 Å². The van der Waals surface area contributed by atoms with Crippen molar-refractivity contribution >= 4 is 33.8 Å². The van der Waals surface area contributed by atoms with Crippen LogP contribution in [0.25, 0.3) is 11.3 Å². The minimum absolute atomic E-state index is 0.0595. The van der Waals surface area contributed by atoms with Crippen LogP contribution in [-0.4, -0.2) is 18.0 Å². The van der Waals surface area contributed by atoms with Gasteiger partial charge in [0.15, 0.2) is 5.13 Å². The number of carbonyl (C=O) groups is 1. The highest BCUT2D eigenvalue weighted by Crippen LogP contribution is 2.29. The average molecular weight is 396 g/mol. The van der Waals surface area contributed by atoms with E-state index >= 15 is 0 Å². The van der Waals surface area contributed by atoms with Gasteiger partial charge in [0.25, 0.3) is 0 Å². The Morgan fingerprint density at radius 3 is 2.75 bits per heavy atom. The van der Waals surface area contributed by atoms with Crippen LogP contribution in [0.4, 0.5) is 16.5 Å². The van der Waals surface area contributed by atoms with Gasteiger partial charge in [0.05, 0.1) is 12.8 Å². The van der Waals surface area contributed by atoms with Crippen molar-refractivity contribution < 1.29 is 9.53 Å². The molecule has 146 valence electrons. The lowest BCUT2D eigenvalue weighted by atomic mass is 10.1. The van der Waals surface area contributed by atoms with Gasteiger partial charge in [-0.05, 0) is 30.7 Å². The summed E-state index contributed by atoms with van der Waals surface area (Å²) in [6.07, 6.45) is 3.67. The molecule has 0 aliphatic carbocycles. The lowest BCUT2D eigenvalue weighted by Crippen LogP contribution is -2.10. The molecule has 2 aromatic carbocycles. The zero-order chi connectivity index (χ0) is 19.8. The molecule has 0 fully saturated rings. The molecule has 0 bridgehead atoms. The molecule has 0 aliphatic heterocycles. The van der Waals surface area contributed by atoms with Gasteiger partial charge in [-0.15, -0.1) is 11.3 Å². The third-order valence-corrected chi connectivity index (χ3v) is 5.03. The van der Waals surface area contributed by atoms with E-state index in [1.807, 2.05) is 53.9 Å². The van der Waals surface area contributed by atoms with Crippen molar-refractivity contribution in [2.24, 2.45) is 0 Å². The number of hydrogen-bond donors (Lipinski definition) is 2. The van der Waals surface area contributed by atoms with Gasteiger partial charge in [0, 0.05) is 34.8 Å². The molecular weight excluding hydrogens is 370 g/mol. The first-order valence-electron chi connectivity index (χ1n) is 9.45. The summed E-state index contributed by atoms with van der Waals surface area (Å²) >= 11 is 1.54. The molecule has 3 aromatic rings. The predicted molar refractivity (Wildman–Crippen MR) is 117 cm³/mol. The number of nitrogens with zero attached hydrogens (tertiary/aromatic N) is 1. The highest BCUT2D eigenvalue weighted by atomic mass is 32.1. The Balaban J connectivity index is 1.66. The summed E-state index contributed by atoms with van der Waals surface area (Å²) in [6, 6.07) is 15.5. The standard InChI is InChI=1S/C22H25N3O2S/c1-3-4-5-12-21(26)23-17-9-6-8-16(13-17)20-15-28-22(25-20)24-18-10-7-11-19(14-18)27-2/h6-11,13-15H,3-5,12H2,1-2H3,(H,23,26)(H,24,25). The largest absolute Gasteiger partial charge is 0.497 e. The zero-order valence-corrected chi connectivity index (χ0v) is 17.0. The summed E-state index contributed by atoms with van der Waals surface area (Å²) in [5.74, 6) is 0.855. The molecule has 0 atom stereocenters. The summed E-state index contributed by atoms with van der Waals surface area (Å²) in [4.78, 5) is 16.7. The number of nitrogens with one attached hydrogen (secondary N) is 2. The molecule has 0 aliphatic rings. The number of ether oxygens (including phenoxy) is 1. The second kappa shape index (κ2) is 9.90. The van der Waals surface area contributed by atoms with Gasteiger partial charge >= 0.3 is 0 Å². The van der Waals surface area contributed by atoms with E-state index in [0.29, 0.717) is 6.42 Å². The lowest BCUT2D eigenvalue weighted by Gasteiger charge is -2.07. The van der Waals surface area contributed by atoms with Crippen molar-refractivity contribution in [3.05, 3.63) is 53.9 Å². The van der Waals surface area contributed by atoms with Gasteiger partial charge in [0.2, 0.25) is 5.91 Å². The third-order valence-electron chi connectivity index (χ3n) is 4.27. The smallest absolute Gasteiger partial charge is 0.224 e. The number of unbranched alkanes of at least 4 members (excludes halogenated alkanes) is 2. The highest BCUT2D eigenvalue weighted by Gasteiger charge is 2.08. The topological polar surface area (TPSA) is 63.2 Å². The highest BCUT2D eigenvalue weighted by molar-refractivity contribution is 7.14. The molecule has 5 nitrogen and oxygen atoms in total. The summed E-state index contributed by atoms with van der Waals surface area (Å²) in [5.41, 5.74) is 3.57. The maximum atomic E-state index is 12.0. The van der Waals surface area contributed by atoms with Gasteiger partial charge in [-0.3, -0.25) is 4.79 Å². The van der Waals surface area contributed by atoms with Crippen molar-refractivity contribution in [3.8, 4) is 17.0 Å². The van der Waals surface area contributed by atoms with Gasteiger partial charge in [-0.1, -0.05) is 38.0 Å². The van der Waals surface area contributed by atoms with E-state index in [1.54, 1.807) is 7.11 Å². The number of carbonyl (C=O) groups excluding carboxylic acids is 1. The maximum Gasteiger partial charge on any atom is 0.224 e. The number of benzene rings is 2. The van der Waals surface area contributed by atoms with Crippen LogP contribution in [0.5, 0.6) is 5.75 Å². The quantitative estimate of drug-likeness (QED) is 0.431. The van der Waals surface area contributed by atoms with Crippen molar-refractivity contribution in [1.29, 1.82) is 0 Å². The minimum atomic E-state index is 0.0595. The number of aromatic nitrogens is 1.